The second kappa shape index (κ2) is 5.33. The Balaban J connectivity index is 1.86. The molecule has 3 nitrogen and oxygen atoms in total. The van der Waals surface area contributed by atoms with Crippen molar-refractivity contribution in [3.63, 3.8) is 0 Å². The van der Waals surface area contributed by atoms with Gasteiger partial charge in [0.05, 0.1) is 6.10 Å². The van der Waals surface area contributed by atoms with Crippen LogP contribution in [0.1, 0.15) is 18.4 Å². The molecule has 0 aromatic carbocycles. The van der Waals surface area contributed by atoms with Gasteiger partial charge < -0.3 is 9.47 Å². The van der Waals surface area contributed by atoms with Gasteiger partial charge in [-0.15, -0.1) is 11.6 Å². The van der Waals surface area contributed by atoms with Gasteiger partial charge in [-0.1, -0.05) is 0 Å². The smallest absolute Gasteiger partial charge is 0.213 e. The molecule has 15 heavy (non-hydrogen) atoms. The normalized spacial score (nSPS) is 20.5. The molecule has 1 aromatic heterocycles. The first-order valence-corrected chi connectivity index (χ1v) is 5.67. The van der Waals surface area contributed by atoms with Gasteiger partial charge in [-0.25, -0.2) is 4.98 Å². The van der Waals surface area contributed by atoms with Crippen LogP contribution in [-0.4, -0.2) is 24.3 Å². The lowest BCUT2D eigenvalue weighted by Gasteiger charge is -2.10. The Hall–Kier alpha value is -0.800. The molecular weight excluding hydrogens is 214 g/mol. The summed E-state index contributed by atoms with van der Waals surface area (Å²) in [6.07, 6.45) is 4.15. The van der Waals surface area contributed by atoms with E-state index in [1.807, 2.05) is 12.1 Å². The van der Waals surface area contributed by atoms with E-state index in [1.54, 1.807) is 6.20 Å². The molecule has 1 atom stereocenters. The SMILES string of the molecule is ClCc1ccnc(OCC2CCCO2)c1. The molecule has 1 fully saturated rings. The largest absolute Gasteiger partial charge is 0.475 e. The molecule has 0 bridgehead atoms. The van der Waals surface area contributed by atoms with Crippen LogP contribution in [0.15, 0.2) is 18.3 Å². The summed E-state index contributed by atoms with van der Waals surface area (Å²) in [5.74, 6) is 1.11. The minimum Gasteiger partial charge on any atom is -0.475 e. The van der Waals surface area contributed by atoms with Gasteiger partial charge in [0.25, 0.3) is 0 Å². The molecule has 1 unspecified atom stereocenters. The van der Waals surface area contributed by atoms with E-state index in [9.17, 15) is 0 Å². The molecule has 0 spiro atoms. The fraction of sp³-hybridized carbons (Fsp3) is 0.545. The molecule has 4 heteroatoms. The number of hydrogen-bond donors (Lipinski definition) is 0. The fourth-order valence-electron chi connectivity index (χ4n) is 1.57. The number of ether oxygens (including phenoxy) is 2. The molecule has 0 N–H and O–H groups in total. The topological polar surface area (TPSA) is 31.4 Å². The van der Waals surface area contributed by atoms with Crippen LogP contribution in [0.3, 0.4) is 0 Å². The summed E-state index contributed by atoms with van der Waals surface area (Å²) >= 11 is 5.72. The van der Waals surface area contributed by atoms with Gasteiger partial charge >= 0.3 is 0 Å². The Kier molecular flexibility index (Phi) is 3.80. The number of halogens is 1. The minimum atomic E-state index is 0.228. The maximum absolute atomic E-state index is 5.72. The maximum atomic E-state index is 5.72. The number of alkyl halides is 1. The van der Waals surface area contributed by atoms with Crippen molar-refractivity contribution >= 4 is 11.6 Å². The van der Waals surface area contributed by atoms with Gasteiger partial charge in [0.2, 0.25) is 5.88 Å². The summed E-state index contributed by atoms with van der Waals surface area (Å²) in [4.78, 5) is 4.11. The van der Waals surface area contributed by atoms with E-state index in [-0.39, 0.29) is 6.10 Å². The first-order valence-electron chi connectivity index (χ1n) is 5.14. The summed E-state index contributed by atoms with van der Waals surface area (Å²) in [5, 5.41) is 0. The highest BCUT2D eigenvalue weighted by Gasteiger charge is 2.16. The average Bonchev–Trinajstić information content (AvgIpc) is 2.79. The molecule has 0 saturated carbocycles. The van der Waals surface area contributed by atoms with Gasteiger partial charge in [0.15, 0.2) is 0 Å². The van der Waals surface area contributed by atoms with Crippen molar-refractivity contribution < 1.29 is 9.47 Å². The Labute approximate surface area is 94.4 Å². The van der Waals surface area contributed by atoms with E-state index in [1.165, 1.54) is 0 Å². The van der Waals surface area contributed by atoms with Gasteiger partial charge in [0, 0.05) is 24.8 Å². The highest BCUT2D eigenvalue weighted by molar-refractivity contribution is 6.17. The Morgan fingerprint density at radius 1 is 1.60 bits per heavy atom. The van der Waals surface area contributed by atoms with E-state index in [0.717, 1.165) is 25.0 Å². The standard InChI is InChI=1S/C11H14ClNO2/c12-7-9-3-4-13-11(6-9)15-8-10-2-1-5-14-10/h3-4,6,10H,1-2,5,7-8H2. The molecule has 2 heterocycles. The number of pyridine rings is 1. The van der Waals surface area contributed by atoms with E-state index in [0.29, 0.717) is 18.4 Å². The average molecular weight is 228 g/mol. The van der Waals surface area contributed by atoms with Crippen LogP contribution in [0.2, 0.25) is 0 Å². The van der Waals surface area contributed by atoms with Crippen molar-refractivity contribution in [3.8, 4) is 5.88 Å². The first-order chi connectivity index (χ1) is 7.38. The zero-order chi connectivity index (χ0) is 10.5. The van der Waals surface area contributed by atoms with Crippen LogP contribution in [0.4, 0.5) is 0 Å². The number of nitrogens with zero attached hydrogens (tertiary/aromatic N) is 1. The summed E-state index contributed by atoms with van der Waals surface area (Å²) in [6.45, 7) is 1.43. The summed E-state index contributed by atoms with van der Waals surface area (Å²) in [6, 6.07) is 3.74. The van der Waals surface area contributed by atoms with Gasteiger partial charge in [-0.05, 0) is 24.5 Å². The fourth-order valence-corrected chi connectivity index (χ4v) is 1.73. The lowest BCUT2D eigenvalue weighted by Crippen LogP contribution is -2.16. The van der Waals surface area contributed by atoms with Crippen molar-refractivity contribution in [1.82, 2.24) is 4.98 Å². The van der Waals surface area contributed by atoms with E-state index in [2.05, 4.69) is 4.98 Å². The van der Waals surface area contributed by atoms with E-state index in [4.69, 9.17) is 21.1 Å². The lowest BCUT2D eigenvalue weighted by molar-refractivity contribution is 0.0663. The Morgan fingerprint density at radius 3 is 3.27 bits per heavy atom. The molecule has 1 saturated heterocycles. The van der Waals surface area contributed by atoms with Crippen LogP contribution in [-0.2, 0) is 10.6 Å². The minimum absolute atomic E-state index is 0.228. The maximum Gasteiger partial charge on any atom is 0.213 e. The highest BCUT2D eigenvalue weighted by atomic mass is 35.5. The molecule has 1 aromatic rings. The Morgan fingerprint density at radius 2 is 2.53 bits per heavy atom. The van der Waals surface area contributed by atoms with Crippen LogP contribution >= 0.6 is 11.6 Å². The van der Waals surface area contributed by atoms with Crippen LogP contribution in [0.5, 0.6) is 5.88 Å². The predicted octanol–water partition coefficient (Wildman–Crippen LogP) is 2.38. The molecule has 1 aliphatic rings. The molecule has 1 aliphatic heterocycles. The molecule has 0 amide bonds. The van der Waals surface area contributed by atoms with Crippen LogP contribution in [0.25, 0.3) is 0 Å². The van der Waals surface area contributed by atoms with Crippen molar-refractivity contribution in [2.24, 2.45) is 0 Å². The summed E-state index contributed by atoms with van der Waals surface area (Å²) in [7, 11) is 0. The quantitative estimate of drug-likeness (QED) is 0.741. The molecule has 2 rings (SSSR count). The third-order valence-corrected chi connectivity index (χ3v) is 2.70. The van der Waals surface area contributed by atoms with Crippen molar-refractivity contribution in [2.75, 3.05) is 13.2 Å². The van der Waals surface area contributed by atoms with E-state index >= 15 is 0 Å². The van der Waals surface area contributed by atoms with Gasteiger partial charge in [-0.2, -0.15) is 0 Å². The van der Waals surface area contributed by atoms with Crippen molar-refractivity contribution in [1.29, 1.82) is 0 Å². The predicted molar refractivity (Wildman–Crippen MR) is 58.3 cm³/mol. The number of aromatic nitrogens is 1. The number of hydrogen-bond acceptors (Lipinski definition) is 3. The Bertz CT molecular complexity index is 313. The summed E-state index contributed by atoms with van der Waals surface area (Å²) < 4.78 is 11.0. The molecule has 82 valence electrons. The molecule has 0 aliphatic carbocycles. The van der Waals surface area contributed by atoms with E-state index < -0.39 is 0 Å². The van der Waals surface area contributed by atoms with Crippen molar-refractivity contribution in [3.05, 3.63) is 23.9 Å². The number of rotatable bonds is 4. The van der Waals surface area contributed by atoms with Gasteiger partial charge in [-0.3, -0.25) is 0 Å². The monoisotopic (exact) mass is 227 g/mol. The highest BCUT2D eigenvalue weighted by Crippen LogP contribution is 2.15. The molecular formula is C11H14ClNO2. The van der Waals surface area contributed by atoms with Crippen LogP contribution < -0.4 is 4.74 Å². The first kappa shape index (κ1) is 10.7. The lowest BCUT2D eigenvalue weighted by atomic mass is 10.2. The zero-order valence-electron chi connectivity index (χ0n) is 8.49. The summed E-state index contributed by atoms with van der Waals surface area (Å²) in [5.41, 5.74) is 1.02. The van der Waals surface area contributed by atoms with Crippen LogP contribution in [0, 0.1) is 0 Å². The van der Waals surface area contributed by atoms with Gasteiger partial charge in [0.1, 0.15) is 6.61 Å². The van der Waals surface area contributed by atoms with Crippen molar-refractivity contribution in [2.45, 2.75) is 24.8 Å². The third-order valence-electron chi connectivity index (χ3n) is 2.39. The second-order valence-electron chi connectivity index (χ2n) is 3.58. The zero-order valence-corrected chi connectivity index (χ0v) is 9.24. The third kappa shape index (κ3) is 3.08. The molecule has 0 radical (unpaired) electrons. The second-order valence-corrected chi connectivity index (χ2v) is 3.85.